The molecule has 37 heavy (non-hydrogen) atoms. The maximum absolute atomic E-state index is 13.1. The topological polar surface area (TPSA) is 166 Å². The maximum atomic E-state index is 13.1. The van der Waals surface area contributed by atoms with Crippen LogP contribution in [-0.4, -0.2) is 68.4 Å². The van der Waals surface area contributed by atoms with Crippen LogP contribution in [0.2, 0.25) is 5.02 Å². The van der Waals surface area contributed by atoms with Crippen LogP contribution in [0.15, 0.2) is 46.8 Å². The van der Waals surface area contributed by atoms with Crippen LogP contribution in [0.4, 0.5) is 0 Å². The molecule has 1 unspecified atom stereocenters. The van der Waals surface area contributed by atoms with Gasteiger partial charge in [0.2, 0.25) is 5.91 Å². The van der Waals surface area contributed by atoms with Crippen molar-refractivity contribution in [2.75, 3.05) is 33.5 Å². The van der Waals surface area contributed by atoms with Crippen LogP contribution in [0, 0.1) is 0 Å². The zero-order valence-corrected chi connectivity index (χ0v) is 21.7. The number of nitrogens with two attached hydrogens (primary N) is 1. The molecular formula is C25H32ClN3O8. The molecule has 12 heteroatoms. The van der Waals surface area contributed by atoms with Crippen molar-refractivity contribution in [2.24, 2.45) is 5.73 Å². The highest BCUT2D eigenvalue weighted by Crippen LogP contribution is 2.41. The van der Waals surface area contributed by atoms with Crippen molar-refractivity contribution >= 4 is 35.4 Å². The minimum Gasteiger partial charge on any atom is -0.480 e. The number of esters is 2. The fourth-order valence-corrected chi connectivity index (χ4v) is 4.04. The average molecular weight is 538 g/mol. The van der Waals surface area contributed by atoms with Crippen LogP contribution in [0.25, 0.3) is 0 Å². The maximum Gasteiger partial charge on any atom is 0.336 e. The SMILES string of the molecule is CCOC(=O)C1=C(COCCNC(=O)CC[C@H](N)C(=O)O)NC(C)=C(C(=O)OC)C1c1ccccc1Cl. The van der Waals surface area contributed by atoms with Crippen molar-refractivity contribution in [1.29, 1.82) is 0 Å². The van der Waals surface area contributed by atoms with Gasteiger partial charge in [-0.15, -0.1) is 0 Å². The second-order valence-corrected chi connectivity index (χ2v) is 8.52. The number of carbonyl (C=O) groups excluding carboxylic acids is 3. The first kappa shape index (κ1) is 29.8. The van der Waals surface area contributed by atoms with Crippen LogP contribution in [0.1, 0.15) is 38.2 Å². The molecule has 0 radical (unpaired) electrons. The lowest BCUT2D eigenvalue weighted by Crippen LogP contribution is -2.35. The lowest BCUT2D eigenvalue weighted by Gasteiger charge is -2.31. The first-order chi connectivity index (χ1) is 17.6. The number of amides is 1. The molecule has 1 aliphatic heterocycles. The van der Waals surface area contributed by atoms with E-state index in [1.807, 2.05) is 0 Å². The van der Waals surface area contributed by atoms with Gasteiger partial charge in [-0.2, -0.15) is 0 Å². The van der Waals surface area contributed by atoms with Crippen LogP contribution in [0.3, 0.4) is 0 Å². The number of halogens is 1. The van der Waals surface area contributed by atoms with E-state index in [0.717, 1.165) is 0 Å². The number of benzene rings is 1. The van der Waals surface area contributed by atoms with E-state index in [1.165, 1.54) is 7.11 Å². The third kappa shape index (κ3) is 8.04. The fraction of sp³-hybridized carbons (Fsp3) is 0.440. The molecule has 0 spiro atoms. The summed E-state index contributed by atoms with van der Waals surface area (Å²) < 4.78 is 16.0. The largest absolute Gasteiger partial charge is 0.480 e. The van der Waals surface area contributed by atoms with E-state index in [2.05, 4.69) is 10.6 Å². The third-order valence-electron chi connectivity index (χ3n) is 5.58. The van der Waals surface area contributed by atoms with Crippen molar-refractivity contribution in [3.05, 3.63) is 57.4 Å². The molecule has 5 N–H and O–H groups in total. The van der Waals surface area contributed by atoms with Gasteiger partial charge in [-0.25, -0.2) is 9.59 Å². The summed E-state index contributed by atoms with van der Waals surface area (Å²) in [6.07, 6.45) is -0.0215. The molecule has 0 aliphatic carbocycles. The first-order valence-corrected chi connectivity index (χ1v) is 12.0. The number of carboxylic acids is 1. The zero-order valence-electron chi connectivity index (χ0n) is 21.0. The summed E-state index contributed by atoms with van der Waals surface area (Å²) in [5.41, 5.74) is 7.15. The van der Waals surface area contributed by atoms with Gasteiger partial charge in [-0.1, -0.05) is 29.8 Å². The predicted molar refractivity (Wildman–Crippen MR) is 134 cm³/mol. The number of aliphatic carboxylic acids is 1. The molecule has 1 aromatic carbocycles. The van der Waals surface area contributed by atoms with Gasteiger partial charge in [0, 0.05) is 23.7 Å². The Balaban J connectivity index is 2.22. The second kappa shape index (κ2) is 14.4. The molecular weight excluding hydrogens is 506 g/mol. The van der Waals surface area contributed by atoms with Crippen LogP contribution >= 0.6 is 11.6 Å². The molecule has 1 amide bonds. The lowest BCUT2D eigenvalue weighted by atomic mass is 9.80. The van der Waals surface area contributed by atoms with E-state index < -0.39 is 29.9 Å². The summed E-state index contributed by atoms with van der Waals surface area (Å²) >= 11 is 6.47. The second-order valence-electron chi connectivity index (χ2n) is 8.11. The van der Waals surface area contributed by atoms with Crippen molar-refractivity contribution in [1.82, 2.24) is 10.6 Å². The van der Waals surface area contributed by atoms with Gasteiger partial charge in [-0.05, 0) is 31.9 Å². The Labute approximate surface area is 220 Å². The molecule has 2 rings (SSSR count). The van der Waals surface area contributed by atoms with Crippen molar-refractivity contribution in [3.8, 4) is 0 Å². The standard InChI is InChI=1S/C25H32ClN3O8/c1-4-37-25(34)22-18(13-36-12-11-28-19(30)10-9-17(27)23(31)32)29-14(2)20(24(33)35-3)21(22)15-7-5-6-8-16(15)26/h5-8,17,21,29H,4,9-13,27H2,1-3H3,(H,28,30)(H,31,32)/t17-,21?/m0/s1. The molecule has 1 aliphatic rings. The Morgan fingerprint density at radius 2 is 1.89 bits per heavy atom. The quantitative estimate of drug-likeness (QED) is 0.214. The van der Waals surface area contributed by atoms with Crippen molar-refractivity contribution < 1.29 is 38.5 Å². The van der Waals surface area contributed by atoms with Gasteiger partial charge in [0.05, 0.1) is 49.7 Å². The van der Waals surface area contributed by atoms with Gasteiger partial charge in [0.25, 0.3) is 0 Å². The number of methoxy groups -OCH3 is 1. The third-order valence-corrected chi connectivity index (χ3v) is 5.92. The molecule has 11 nitrogen and oxygen atoms in total. The molecule has 0 saturated heterocycles. The molecule has 0 saturated carbocycles. The minimum absolute atomic E-state index is 0.0132. The molecule has 202 valence electrons. The highest BCUT2D eigenvalue weighted by molar-refractivity contribution is 6.31. The number of carboxylic acid groups (broad SMARTS) is 1. The Kier molecular flexibility index (Phi) is 11.6. The number of carbonyl (C=O) groups is 4. The molecule has 0 fully saturated rings. The summed E-state index contributed by atoms with van der Waals surface area (Å²) in [6, 6.07) is 5.76. The highest BCUT2D eigenvalue weighted by atomic mass is 35.5. The van der Waals surface area contributed by atoms with Crippen molar-refractivity contribution in [3.63, 3.8) is 0 Å². The van der Waals surface area contributed by atoms with E-state index in [9.17, 15) is 19.2 Å². The van der Waals surface area contributed by atoms with E-state index in [0.29, 0.717) is 22.0 Å². The van der Waals surface area contributed by atoms with Gasteiger partial charge < -0.3 is 35.7 Å². The molecule has 2 atom stereocenters. The summed E-state index contributed by atoms with van der Waals surface area (Å²) in [5.74, 6) is -3.66. The Hall–Kier alpha value is -3.41. The number of nitrogens with one attached hydrogen (secondary N) is 2. The number of hydrogen-bond acceptors (Lipinski definition) is 9. The number of hydrogen-bond donors (Lipinski definition) is 4. The Bertz CT molecular complexity index is 1090. The smallest absolute Gasteiger partial charge is 0.336 e. The van der Waals surface area contributed by atoms with Gasteiger partial charge in [-0.3, -0.25) is 9.59 Å². The van der Waals surface area contributed by atoms with E-state index in [1.54, 1.807) is 38.1 Å². The van der Waals surface area contributed by atoms with Gasteiger partial charge in [0.15, 0.2) is 0 Å². The monoisotopic (exact) mass is 537 g/mol. The van der Waals surface area contributed by atoms with Crippen LogP contribution in [-0.2, 0) is 33.4 Å². The molecule has 0 aromatic heterocycles. The number of dihydropyridines is 1. The number of allylic oxidation sites excluding steroid dienone is 1. The number of rotatable bonds is 13. The fourth-order valence-electron chi connectivity index (χ4n) is 3.80. The zero-order chi connectivity index (χ0) is 27.5. The first-order valence-electron chi connectivity index (χ1n) is 11.7. The normalized spacial score (nSPS) is 16.1. The van der Waals surface area contributed by atoms with Gasteiger partial charge in [0.1, 0.15) is 6.04 Å². The summed E-state index contributed by atoms with van der Waals surface area (Å²) in [4.78, 5) is 48.5. The molecule has 0 bridgehead atoms. The van der Waals surface area contributed by atoms with E-state index in [4.69, 9.17) is 36.7 Å². The molecule has 1 heterocycles. The summed E-state index contributed by atoms with van der Waals surface area (Å²) in [5, 5.41) is 14.8. The van der Waals surface area contributed by atoms with Crippen LogP contribution < -0.4 is 16.4 Å². The van der Waals surface area contributed by atoms with E-state index in [-0.39, 0.29) is 56.3 Å². The summed E-state index contributed by atoms with van der Waals surface area (Å²) in [6.45, 7) is 3.66. The lowest BCUT2D eigenvalue weighted by molar-refractivity contribution is -0.140. The highest BCUT2D eigenvalue weighted by Gasteiger charge is 2.39. The van der Waals surface area contributed by atoms with Crippen molar-refractivity contribution in [2.45, 2.75) is 38.6 Å². The molecule has 1 aromatic rings. The number of ether oxygens (including phenoxy) is 3. The van der Waals surface area contributed by atoms with Gasteiger partial charge >= 0.3 is 17.9 Å². The summed E-state index contributed by atoms with van der Waals surface area (Å²) in [7, 11) is 1.25. The van der Waals surface area contributed by atoms with E-state index >= 15 is 0 Å². The Morgan fingerprint density at radius 1 is 1.19 bits per heavy atom. The van der Waals surface area contributed by atoms with Crippen LogP contribution in [0.5, 0.6) is 0 Å². The predicted octanol–water partition coefficient (Wildman–Crippen LogP) is 1.62. The minimum atomic E-state index is -1.17. The average Bonchev–Trinajstić information content (AvgIpc) is 2.86. The Morgan fingerprint density at radius 3 is 2.51 bits per heavy atom.